The van der Waals surface area contributed by atoms with E-state index in [2.05, 4.69) is 0 Å². The Bertz CT molecular complexity index is 1450. The Morgan fingerprint density at radius 3 is 2.44 bits per heavy atom. The quantitative estimate of drug-likeness (QED) is 0.678. The van der Waals surface area contributed by atoms with Crippen LogP contribution in [0.1, 0.15) is 44.7 Å². The number of nitrogens with zero attached hydrogens (tertiary/aromatic N) is 3. The molecule has 1 aliphatic heterocycles. The molecule has 1 aromatic heterocycles. The van der Waals surface area contributed by atoms with Gasteiger partial charge in [-0.2, -0.15) is 0 Å². The fraction of sp³-hybridized carbons (Fsp3) is 0.440. The van der Waals surface area contributed by atoms with Gasteiger partial charge in [-0.3, -0.25) is 9.59 Å². The maximum Gasteiger partial charge on any atom is 0.347 e. The zero-order chi connectivity index (χ0) is 24.7. The minimum atomic E-state index is -1.16. The molecule has 5 rings (SSSR count). The molecular formula is C25H27N3O6. The van der Waals surface area contributed by atoms with Gasteiger partial charge in [0.25, 0.3) is 0 Å². The van der Waals surface area contributed by atoms with E-state index in [0.717, 1.165) is 10.1 Å². The first-order valence-corrected chi connectivity index (χ1v) is 11.3. The van der Waals surface area contributed by atoms with Gasteiger partial charge in [-0.05, 0) is 43.1 Å². The molecule has 1 saturated carbocycles. The van der Waals surface area contributed by atoms with E-state index in [9.17, 15) is 24.3 Å². The lowest BCUT2D eigenvalue weighted by molar-refractivity contribution is -0.140. The Balaban J connectivity index is 1.81. The molecule has 0 amide bonds. The number of aromatic nitrogens is 3. The summed E-state index contributed by atoms with van der Waals surface area (Å²) in [5.74, 6) is -1.26. The van der Waals surface area contributed by atoms with E-state index in [-0.39, 0.29) is 30.3 Å². The average Bonchev–Trinajstić information content (AvgIpc) is 3.05. The number of methoxy groups -OCH3 is 1. The molecule has 1 aromatic carbocycles. The highest BCUT2D eigenvalue weighted by atomic mass is 16.5. The summed E-state index contributed by atoms with van der Waals surface area (Å²) in [4.78, 5) is 53.1. The molecule has 9 heteroatoms. The van der Waals surface area contributed by atoms with Crippen LogP contribution in [0.4, 0.5) is 0 Å². The van der Waals surface area contributed by atoms with Gasteiger partial charge in [-0.25, -0.2) is 23.5 Å². The summed E-state index contributed by atoms with van der Waals surface area (Å²) in [5.41, 5.74) is 0.0144. The van der Waals surface area contributed by atoms with Crippen LogP contribution in [0.25, 0.3) is 0 Å². The predicted molar refractivity (Wildman–Crippen MR) is 123 cm³/mol. The minimum absolute atomic E-state index is 0.0570. The molecule has 34 heavy (non-hydrogen) atoms. The number of aromatic hydroxyl groups is 1. The van der Waals surface area contributed by atoms with Crippen molar-refractivity contribution in [3.8, 4) is 11.5 Å². The number of carbonyl (C=O) groups is 2. The van der Waals surface area contributed by atoms with Gasteiger partial charge in [-0.1, -0.05) is 19.1 Å². The van der Waals surface area contributed by atoms with E-state index in [1.807, 2.05) is 6.08 Å². The zero-order valence-electron chi connectivity index (χ0n) is 19.8. The van der Waals surface area contributed by atoms with Crippen LogP contribution in [0.5, 0.6) is 11.5 Å². The third kappa shape index (κ3) is 2.60. The van der Waals surface area contributed by atoms with Crippen LogP contribution >= 0.6 is 0 Å². The summed E-state index contributed by atoms with van der Waals surface area (Å²) in [6, 6.07) is 4.29. The van der Waals surface area contributed by atoms with Gasteiger partial charge < -0.3 is 9.84 Å². The maximum absolute atomic E-state index is 13.8. The van der Waals surface area contributed by atoms with E-state index >= 15 is 0 Å². The highest BCUT2D eigenvalue weighted by molar-refractivity contribution is 6.15. The zero-order valence-corrected chi connectivity index (χ0v) is 19.8. The lowest BCUT2D eigenvalue weighted by Crippen LogP contribution is -2.55. The summed E-state index contributed by atoms with van der Waals surface area (Å²) >= 11 is 0. The number of Topliss-reactive ketones (excluding diaryl/α,β-unsaturated/α-hetero) is 2. The monoisotopic (exact) mass is 465 g/mol. The second-order valence-electron chi connectivity index (χ2n) is 9.64. The largest absolute Gasteiger partial charge is 0.508 e. The van der Waals surface area contributed by atoms with Crippen LogP contribution in [-0.4, -0.2) is 37.7 Å². The molecule has 1 N–H and O–H groups in total. The van der Waals surface area contributed by atoms with Crippen LogP contribution < -0.4 is 16.1 Å². The van der Waals surface area contributed by atoms with Crippen molar-refractivity contribution in [1.82, 2.24) is 13.9 Å². The number of carbonyl (C=O) groups excluding carboxylic acids is 2. The van der Waals surface area contributed by atoms with Crippen LogP contribution in [0.3, 0.4) is 0 Å². The van der Waals surface area contributed by atoms with Crippen LogP contribution in [-0.2, 0) is 23.2 Å². The van der Waals surface area contributed by atoms with Crippen molar-refractivity contribution in [1.29, 1.82) is 0 Å². The number of ether oxygens (including phenoxy) is 1. The second-order valence-corrected chi connectivity index (χ2v) is 9.64. The maximum atomic E-state index is 13.8. The molecule has 0 radical (unpaired) electrons. The molecule has 0 spiro atoms. The number of phenolic OH excluding ortho intramolecular Hbond substituents is 1. The number of allylic oxidation sites excluding steroid dienone is 4. The smallest absolute Gasteiger partial charge is 0.347 e. The fourth-order valence-electron chi connectivity index (χ4n) is 6.19. The van der Waals surface area contributed by atoms with Crippen molar-refractivity contribution in [3.05, 3.63) is 67.5 Å². The molecule has 3 aliphatic rings. The van der Waals surface area contributed by atoms with Gasteiger partial charge in [0.1, 0.15) is 11.5 Å². The predicted octanol–water partition coefficient (Wildman–Crippen LogP) is 1.84. The number of ketones is 2. The molecule has 4 atom stereocenters. The Morgan fingerprint density at radius 1 is 1.09 bits per heavy atom. The fourth-order valence-corrected chi connectivity index (χ4v) is 6.19. The Hall–Kier alpha value is -3.62. The first-order valence-electron chi connectivity index (χ1n) is 11.3. The summed E-state index contributed by atoms with van der Waals surface area (Å²) in [7, 11) is 2.92. The number of fused-ring (bicyclic) bond motifs is 4. The standard InChI is InChI=1S/C25H27N3O6/c1-12-13(2)22(31)25(3)17(21(12)30)11-18-15(8-9-27-23(32)26(4)24(33)28(18)27)20(25)16-7-6-14(34-5)10-19(16)29/h6-8,10,17-18,20,29H,9,11H2,1-5H3/t17-,18+,20+,25+/m0/s1. The van der Waals surface area contributed by atoms with Gasteiger partial charge in [0, 0.05) is 30.5 Å². The lowest BCUT2D eigenvalue weighted by Gasteiger charge is -2.53. The molecule has 0 unspecified atom stereocenters. The van der Waals surface area contributed by atoms with Crippen molar-refractivity contribution in [2.24, 2.45) is 18.4 Å². The molecule has 2 heterocycles. The third-order valence-corrected chi connectivity index (χ3v) is 8.17. The van der Waals surface area contributed by atoms with Crippen molar-refractivity contribution >= 4 is 11.6 Å². The van der Waals surface area contributed by atoms with Gasteiger partial charge in [0.2, 0.25) is 0 Å². The van der Waals surface area contributed by atoms with Crippen molar-refractivity contribution in [2.45, 2.75) is 45.7 Å². The number of benzene rings is 1. The van der Waals surface area contributed by atoms with Crippen LogP contribution in [0.2, 0.25) is 0 Å². The first-order chi connectivity index (χ1) is 16.0. The summed E-state index contributed by atoms with van der Waals surface area (Å²) in [5, 5.41) is 11.0. The normalized spacial score (nSPS) is 28.3. The van der Waals surface area contributed by atoms with E-state index in [0.29, 0.717) is 22.5 Å². The van der Waals surface area contributed by atoms with Crippen LogP contribution in [0, 0.1) is 11.3 Å². The van der Waals surface area contributed by atoms with Gasteiger partial charge in [0.05, 0.1) is 25.1 Å². The Morgan fingerprint density at radius 2 is 1.79 bits per heavy atom. The Labute approximate surface area is 195 Å². The number of hydrogen-bond donors (Lipinski definition) is 1. The molecule has 1 fully saturated rings. The highest BCUT2D eigenvalue weighted by Crippen LogP contribution is 2.61. The van der Waals surface area contributed by atoms with Crippen molar-refractivity contribution < 1.29 is 19.4 Å². The van der Waals surface area contributed by atoms with Gasteiger partial charge in [-0.15, -0.1) is 0 Å². The van der Waals surface area contributed by atoms with Gasteiger partial charge in [0.15, 0.2) is 11.6 Å². The summed E-state index contributed by atoms with van der Waals surface area (Å²) in [6.45, 7) is 5.27. The topological polar surface area (TPSA) is 113 Å². The summed E-state index contributed by atoms with van der Waals surface area (Å²) < 4.78 is 9.06. The third-order valence-electron chi connectivity index (χ3n) is 8.17. The van der Waals surface area contributed by atoms with Crippen LogP contribution in [0.15, 0.2) is 50.6 Å². The van der Waals surface area contributed by atoms with E-state index in [4.69, 9.17) is 4.74 Å². The Kier molecular flexibility index (Phi) is 4.69. The second kappa shape index (κ2) is 7.19. The number of phenols is 1. The lowest BCUT2D eigenvalue weighted by atomic mass is 9.50. The van der Waals surface area contributed by atoms with Crippen molar-refractivity contribution in [2.75, 3.05) is 7.11 Å². The molecular weight excluding hydrogens is 438 g/mol. The molecule has 178 valence electrons. The van der Waals surface area contributed by atoms with E-state index in [1.54, 1.807) is 32.9 Å². The van der Waals surface area contributed by atoms with E-state index in [1.165, 1.54) is 29.6 Å². The molecule has 0 bridgehead atoms. The molecule has 9 nitrogen and oxygen atoms in total. The van der Waals surface area contributed by atoms with Crippen molar-refractivity contribution in [3.63, 3.8) is 0 Å². The number of hydrogen-bond acceptors (Lipinski definition) is 6. The van der Waals surface area contributed by atoms with E-state index < -0.39 is 34.7 Å². The SMILES string of the molecule is COc1ccc([C@H]2C3=CCn4c(=O)n(C)c(=O)n4[C@@H]3C[C@H]3C(=O)C(C)=C(C)C(=O)[C@@]23C)c(O)c1. The highest BCUT2D eigenvalue weighted by Gasteiger charge is 2.60. The first kappa shape index (κ1) is 22.2. The average molecular weight is 466 g/mol. The molecule has 0 saturated heterocycles. The number of rotatable bonds is 2. The molecule has 2 aliphatic carbocycles. The molecule has 2 aromatic rings. The minimum Gasteiger partial charge on any atom is -0.508 e. The van der Waals surface area contributed by atoms with Gasteiger partial charge >= 0.3 is 11.4 Å². The summed E-state index contributed by atoms with van der Waals surface area (Å²) in [6.07, 6.45) is 2.08.